The normalized spacial score (nSPS) is 16.0. The van der Waals surface area contributed by atoms with Crippen LogP contribution in [0, 0.1) is 12.7 Å². The molecule has 0 radical (unpaired) electrons. The molecule has 6 heteroatoms. The second-order valence-corrected chi connectivity index (χ2v) is 8.46. The van der Waals surface area contributed by atoms with Crippen LogP contribution in [0.3, 0.4) is 0 Å². The van der Waals surface area contributed by atoms with Crippen molar-refractivity contribution >= 4 is 22.6 Å². The number of anilines is 1. The molecule has 0 saturated carbocycles. The van der Waals surface area contributed by atoms with Crippen molar-refractivity contribution in [3.8, 4) is 5.75 Å². The molecule has 1 aromatic heterocycles. The number of aromatic nitrogens is 2. The smallest absolute Gasteiger partial charge is 0.227 e. The van der Waals surface area contributed by atoms with Gasteiger partial charge in [0.2, 0.25) is 5.91 Å². The second kappa shape index (κ2) is 9.06. The summed E-state index contributed by atoms with van der Waals surface area (Å²) in [5.74, 6) is 1.53. The third-order valence-corrected chi connectivity index (χ3v) is 6.19. The van der Waals surface area contributed by atoms with Crippen LogP contribution in [0.15, 0.2) is 72.8 Å². The molecule has 1 aliphatic heterocycles. The van der Waals surface area contributed by atoms with E-state index in [0.717, 1.165) is 46.8 Å². The van der Waals surface area contributed by atoms with Gasteiger partial charge >= 0.3 is 0 Å². The van der Waals surface area contributed by atoms with Gasteiger partial charge in [-0.05, 0) is 61.4 Å². The molecule has 5 nitrogen and oxygen atoms in total. The van der Waals surface area contributed by atoms with Crippen LogP contribution in [-0.2, 0) is 11.3 Å². The van der Waals surface area contributed by atoms with Crippen molar-refractivity contribution in [2.75, 3.05) is 18.1 Å². The standard InChI is InChI=1S/C27H26FN3O2/c1-19-7-2-5-10-25(19)33-16-6-15-30-24-9-4-3-8-23(24)29-27(30)20-17-26(32)31(18-20)22-13-11-21(28)12-14-22/h2-5,7-14,20H,6,15-18H2,1H3. The number of aryl methyl sites for hydroxylation is 2. The van der Waals surface area contributed by atoms with Crippen LogP contribution < -0.4 is 9.64 Å². The number of amides is 1. The molecule has 0 bridgehead atoms. The number of fused-ring (bicyclic) bond motifs is 1. The second-order valence-electron chi connectivity index (χ2n) is 8.46. The van der Waals surface area contributed by atoms with Crippen LogP contribution in [0.5, 0.6) is 5.75 Å². The van der Waals surface area contributed by atoms with Gasteiger partial charge in [-0.2, -0.15) is 0 Å². The van der Waals surface area contributed by atoms with Crippen LogP contribution in [0.1, 0.15) is 30.1 Å². The lowest BCUT2D eigenvalue weighted by Crippen LogP contribution is -2.24. The maximum Gasteiger partial charge on any atom is 0.227 e. The van der Waals surface area contributed by atoms with Gasteiger partial charge in [0.1, 0.15) is 17.4 Å². The first kappa shape index (κ1) is 21.2. The summed E-state index contributed by atoms with van der Waals surface area (Å²) in [6, 6.07) is 22.2. The quantitative estimate of drug-likeness (QED) is 0.356. The van der Waals surface area contributed by atoms with Gasteiger partial charge in [0.15, 0.2) is 0 Å². The van der Waals surface area contributed by atoms with E-state index in [2.05, 4.69) is 10.6 Å². The molecular weight excluding hydrogens is 417 g/mol. The Morgan fingerprint density at radius 3 is 2.61 bits per heavy atom. The fourth-order valence-electron chi connectivity index (χ4n) is 4.52. The minimum atomic E-state index is -0.309. The third kappa shape index (κ3) is 4.33. The molecule has 1 atom stereocenters. The fourth-order valence-corrected chi connectivity index (χ4v) is 4.52. The summed E-state index contributed by atoms with van der Waals surface area (Å²) in [5, 5.41) is 0. The van der Waals surface area contributed by atoms with Gasteiger partial charge in [-0.1, -0.05) is 30.3 Å². The minimum absolute atomic E-state index is 0.0211. The highest BCUT2D eigenvalue weighted by atomic mass is 19.1. The number of hydrogen-bond donors (Lipinski definition) is 0. The van der Waals surface area contributed by atoms with Crippen molar-refractivity contribution in [1.29, 1.82) is 0 Å². The Balaban J connectivity index is 1.35. The summed E-state index contributed by atoms with van der Waals surface area (Å²) >= 11 is 0. The van der Waals surface area contributed by atoms with Crippen molar-refractivity contribution < 1.29 is 13.9 Å². The van der Waals surface area contributed by atoms with Gasteiger partial charge < -0.3 is 14.2 Å². The predicted octanol–water partition coefficient (Wildman–Crippen LogP) is 5.47. The maximum absolute atomic E-state index is 13.3. The highest BCUT2D eigenvalue weighted by Gasteiger charge is 2.34. The van der Waals surface area contributed by atoms with Crippen LogP contribution >= 0.6 is 0 Å². The molecule has 4 aromatic rings. The van der Waals surface area contributed by atoms with E-state index >= 15 is 0 Å². The van der Waals surface area contributed by atoms with Gasteiger partial charge in [-0.25, -0.2) is 9.37 Å². The first-order valence-corrected chi connectivity index (χ1v) is 11.3. The van der Waals surface area contributed by atoms with Gasteiger partial charge in [0.25, 0.3) is 0 Å². The molecule has 3 aromatic carbocycles. The summed E-state index contributed by atoms with van der Waals surface area (Å²) in [6.45, 7) is 3.93. The molecule has 0 N–H and O–H groups in total. The monoisotopic (exact) mass is 443 g/mol. The molecule has 2 heterocycles. The Kier molecular flexibility index (Phi) is 5.82. The van der Waals surface area contributed by atoms with Crippen LogP contribution in [0.4, 0.5) is 10.1 Å². The highest BCUT2D eigenvalue weighted by Crippen LogP contribution is 2.33. The maximum atomic E-state index is 13.3. The lowest BCUT2D eigenvalue weighted by molar-refractivity contribution is -0.117. The number of hydrogen-bond acceptors (Lipinski definition) is 3. The number of ether oxygens (including phenoxy) is 1. The van der Waals surface area contributed by atoms with E-state index in [0.29, 0.717) is 19.6 Å². The predicted molar refractivity (Wildman–Crippen MR) is 127 cm³/mol. The first-order valence-electron chi connectivity index (χ1n) is 11.3. The number of halogens is 1. The molecule has 0 aliphatic carbocycles. The molecule has 168 valence electrons. The van der Waals surface area contributed by atoms with Gasteiger partial charge in [0.05, 0.1) is 17.6 Å². The topological polar surface area (TPSA) is 47.4 Å². The van der Waals surface area contributed by atoms with Crippen molar-refractivity contribution in [3.05, 3.63) is 90.0 Å². The lowest BCUT2D eigenvalue weighted by Gasteiger charge is -2.17. The number of rotatable bonds is 7. The summed E-state index contributed by atoms with van der Waals surface area (Å²) in [5.41, 5.74) is 3.84. The Morgan fingerprint density at radius 2 is 1.79 bits per heavy atom. The summed E-state index contributed by atoms with van der Waals surface area (Å²) in [6.07, 6.45) is 1.21. The van der Waals surface area contributed by atoms with E-state index in [1.807, 2.05) is 49.4 Å². The van der Waals surface area contributed by atoms with E-state index < -0.39 is 0 Å². The zero-order valence-corrected chi connectivity index (χ0v) is 18.6. The number of para-hydroxylation sites is 3. The van der Waals surface area contributed by atoms with Gasteiger partial charge in [-0.3, -0.25) is 4.79 Å². The molecule has 5 rings (SSSR count). The Labute approximate surface area is 192 Å². The number of nitrogens with zero attached hydrogens (tertiary/aromatic N) is 3. The number of carbonyl (C=O) groups excluding carboxylic acids is 1. The summed E-state index contributed by atoms with van der Waals surface area (Å²) in [7, 11) is 0. The molecule has 1 unspecified atom stereocenters. The lowest BCUT2D eigenvalue weighted by atomic mass is 10.1. The molecule has 1 amide bonds. The Hall–Kier alpha value is -3.67. The van der Waals surface area contributed by atoms with Gasteiger partial charge in [-0.15, -0.1) is 0 Å². The third-order valence-electron chi connectivity index (χ3n) is 6.19. The molecule has 33 heavy (non-hydrogen) atoms. The zero-order valence-electron chi connectivity index (χ0n) is 18.6. The van der Waals surface area contributed by atoms with Gasteiger partial charge in [0, 0.05) is 31.1 Å². The van der Waals surface area contributed by atoms with Crippen molar-refractivity contribution in [1.82, 2.24) is 9.55 Å². The van der Waals surface area contributed by atoms with E-state index in [-0.39, 0.29) is 17.6 Å². The minimum Gasteiger partial charge on any atom is -0.493 e. The van der Waals surface area contributed by atoms with Crippen LogP contribution in [0.2, 0.25) is 0 Å². The first-order chi connectivity index (χ1) is 16.1. The van der Waals surface area contributed by atoms with Crippen molar-refractivity contribution in [3.63, 3.8) is 0 Å². The highest BCUT2D eigenvalue weighted by molar-refractivity contribution is 5.96. The molecule has 0 spiro atoms. The van der Waals surface area contributed by atoms with Crippen molar-refractivity contribution in [2.24, 2.45) is 0 Å². The number of imidazole rings is 1. The summed E-state index contributed by atoms with van der Waals surface area (Å²) in [4.78, 5) is 19.4. The molecule has 1 saturated heterocycles. The Bertz CT molecular complexity index is 1280. The number of carbonyl (C=O) groups is 1. The fraction of sp³-hybridized carbons (Fsp3) is 0.259. The van der Waals surface area contributed by atoms with E-state index in [1.54, 1.807) is 17.0 Å². The van der Waals surface area contributed by atoms with Crippen LogP contribution in [-0.4, -0.2) is 28.6 Å². The molecule has 1 aliphatic rings. The van der Waals surface area contributed by atoms with E-state index in [9.17, 15) is 9.18 Å². The van der Waals surface area contributed by atoms with E-state index in [4.69, 9.17) is 9.72 Å². The Morgan fingerprint density at radius 1 is 1.03 bits per heavy atom. The van der Waals surface area contributed by atoms with Crippen LogP contribution in [0.25, 0.3) is 11.0 Å². The van der Waals surface area contributed by atoms with E-state index in [1.165, 1.54) is 12.1 Å². The average Bonchev–Trinajstić information content (AvgIpc) is 3.39. The average molecular weight is 444 g/mol. The zero-order chi connectivity index (χ0) is 22.8. The largest absolute Gasteiger partial charge is 0.493 e. The SMILES string of the molecule is Cc1ccccc1OCCCn1c(C2CC(=O)N(c3ccc(F)cc3)C2)nc2ccccc21. The number of benzene rings is 3. The molecule has 1 fully saturated rings. The summed E-state index contributed by atoms with van der Waals surface area (Å²) < 4.78 is 21.5. The van der Waals surface area contributed by atoms with Crippen molar-refractivity contribution in [2.45, 2.75) is 32.2 Å². The molecular formula is C27H26FN3O2.